The zero-order valence-corrected chi connectivity index (χ0v) is 28.9. The number of methoxy groups -OCH3 is 1. The van der Waals surface area contributed by atoms with E-state index < -0.39 is 88.9 Å². The Labute approximate surface area is 294 Å². The summed E-state index contributed by atoms with van der Waals surface area (Å²) in [6.07, 6.45) is -1.11. The Bertz CT molecular complexity index is 1660. The number of ether oxygens (including phenoxy) is 1. The van der Waals surface area contributed by atoms with Gasteiger partial charge in [-0.15, -0.1) is 0 Å². The van der Waals surface area contributed by atoms with Gasteiger partial charge in [0.05, 0.1) is 18.2 Å². The van der Waals surface area contributed by atoms with Crippen LogP contribution in [0, 0.1) is 23.2 Å². The number of esters is 1. The lowest BCUT2D eigenvalue weighted by molar-refractivity contribution is -0.247. The van der Waals surface area contributed by atoms with E-state index in [1.807, 2.05) is 0 Å². The van der Waals surface area contributed by atoms with Crippen LogP contribution in [0.1, 0.15) is 52.4 Å². The molecule has 280 valence electrons. The lowest BCUT2D eigenvalue weighted by atomic mass is 9.52. The first-order chi connectivity index (χ1) is 23.8. The number of aldehydes is 1. The quantitative estimate of drug-likeness (QED) is 0.0691. The number of carboxylic acids is 1. The van der Waals surface area contributed by atoms with Gasteiger partial charge in [-0.1, -0.05) is 19.9 Å². The summed E-state index contributed by atoms with van der Waals surface area (Å²) in [5.74, 6) is -7.10. The molecular weight excluding hydrogens is 701 g/mol. The van der Waals surface area contributed by atoms with E-state index in [1.54, 1.807) is 6.92 Å². The first-order valence-electron chi connectivity index (χ1n) is 15.8. The second kappa shape index (κ2) is 16.6. The molecule has 3 rings (SSSR count). The summed E-state index contributed by atoms with van der Waals surface area (Å²) in [7, 11) is 1.16. The fraction of sp³-hybridized carbons (Fsp3) is 0.531. The molecule has 1 heterocycles. The van der Waals surface area contributed by atoms with E-state index in [0.29, 0.717) is 11.9 Å². The number of allylic oxidation sites excluding steroid dienone is 2. The van der Waals surface area contributed by atoms with E-state index in [1.165, 1.54) is 24.4 Å². The Hall–Kier alpha value is -4.65. The van der Waals surface area contributed by atoms with Gasteiger partial charge < -0.3 is 36.1 Å². The fourth-order valence-corrected chi connectivity index (χ4v) is 7.40. The van der Waals surface area contributed by atoms with Crippen molar-refractivity contribution in [3.8, 4) is 0 Å². The van der Waals surface area contributed by atoms with Crippen molar-refractivity contribution in [1.29, 1.82) is 0 Å². The summed E-state index contributed by atoms with van der Waals surface area (Å²) in [6.45, 7) is 1.91. The predicted octanol–water partition coefficient (Wildman–Crippen LogP) is 1.72. The maximum absolute atomic E-state index is 14.1. The number of rotatable bonds is 14. The highest BCUT2D eigenvalue weighted by Gasteiger charge is 2.64. The topological polar surface area (TPSA) is 242 Å². The molecule has 5 unspecified atom stereocenters. The molecule has 0 spiro atoms. The summed E-state index contributed by atoms with van der Waals surface area (Å²) < 4.78 is 47.6. The van der Waals surface area contributed by atoms with E-state index in [-0.39, 0.29) is 54.9 Å². The van der Waals surface area contributed by atoms with Crippen LogP contribution < -0.4 is 32.4 Å². The number of fused-ring (bicyclic) bond motifs is 2. The molecule has 0 aromatic carbocycles. The van der Waals surface area contributed by atoms with E-state index in [9.17, 15) is 51.8 Å². The number of halogens is 3. The third kappa shape index (κ3) is 9.18. The summed E-state index contributed by atoms with van der Waals surface area (Å²) in [6, 6.07) is 1.14. The molecule has 6 atom stereocenters. The van der Waals surface area contributed by atoms with Crippen molar-refractivity contribution in [2.75, 3.05) is 12.4 Å². The van der Waals surface area contributed by atoms with Crippen LogP contribution >= 0.6 is 11.9 Å². The highest BCUT2D eigenvalue weighted by atomic mass is 32.2. The molecule has 2 bridgehead atoms. The van der Waals surface area contributed by atoms with Crippen LogP contribution in [-0.2, 0) is 40.0 Å². The minimum absolute atomic E-state index is 0.0538. The van der Waals surface area contributed by atoms with E-state index >= 15 is 0 Å². The summed E-state index contributed by atoms with van der Waals surface area (Å²) >= 11 is 0.360. The fourth-order valence-electron chi connectivity index (χ4n) is 7.05. The number of aliphatic carboxylic acids is 1. The molecule has 1 aromatic rings. The van der Waals surface area contributed by atoms with Gasteiger partial charge in [-0.25, -0.2) is 9.59 Å². The van der Waals surface area contributed by atoms with Crippen molar-refractivity contribution in [3.63, 3.8) is 0 Å². The van der Waals surface area contributed by atoms with Crippen molar-refractivity contribution in [3.05, 3.63) is 51.4 Å². The van der Waals surface area contributed by atoms with Gasteiger partial charge in [-0.05, 0) is 80.4 Å². The van der Waals surface area contributed by atoms with Gasteiger partial charge in [-0.2, -0.15) is 13.2 Å². The number of nitrogens with one attached hydrogen (secondary N) is 3. The van der Waals surface area contributed by atoms with E-state index in [0.717, 1.165) is 24.7 Å². The highest BCUT2D eigenvalue weighted by Crippen LogP contribution is 2.59. The number of hydrogen-bond donors (Lipinski definition) is 6. The number of nitrogens with zero attached hydrogens (tertiary/aromatic N) is 1. The maximum Gasteiger partial charge on any atom is 0.394 e. The Morgan fingerprint density at radius 1 is 1.22 bits per heavy atom. The molecule has 0 aliphatic heterocycles. The number of hydrogen-bond acceptors (Lipinski definition) is 11. The van der Waals surface area contributed by atoms with Crippen molar-refractivity contribution >= 4 is 53.6 Å². The molecule has 3 amide bonds. The third-order valence-corrected chi connectivity index (χ3v) is 10.2. The van der Waals surface area contributed by atoms with E-state index in [4.69, 9.17) is 10.9 Å². The second-order valence-electron chi connectivity index (χ2n) is 13.0. The van der Waals surface area contributed by atoms with Crippen molar-refractivity contribution in [2.45, 2.75) is 76.7 Å². The molecule has 0 saturated heterocycles. The standard InChI is InChI=1S/C32H41F3N6O9S/c1-17-11-18-12-19(14-30(2,13-18)32(33,34)35)31(17,29(48)49)40-23(43)15-41-10-6-8-22(28(41)47)39-26(45)21(7-4-5-9-24(44)50-3)38-27(46)25(51-37)20(36)16-42/h5-6,8-10,16-19,21H,4,7,11-15,36-37H2,1-3H3,(H,38,46)(H,39,45)(H,40,43)(H,48,49)/b9-5+,25-20-/t17?,18?,19?,21-,30?,31?/m0/s1. The molecule has 2 aliphatic rings. The molecule has 19 heteroatoms. The second-order valence-corrected chi connectivity index (χ2v) is 13.7. The number of carboxylic acid groups (broad SMARTS) is 1. The van der Waals surface area contributed by atoms with E-state index in [2.05, 4.69) is 20.7 Å². The van der Waals surface area contributed by atoms with Gasteiger partial charge in [0.1, 0.15) is 28.7 Å². The van der Waals surface area contributed by atoms with Crippen LogP contribution in [0.3, 0.4) is 0 Å². The number of alkyl halides is 3. The largest absolute Gasteiger partial charge is 0.479 e. The number of carbonyl (C=O) groups is 6. The normalized spacial score (nSPS) is 25.6. The third-order valence-electron chi connectivity index (χ3n) is 9.55. The molecule has 1 aromatic heterocycles. The Kier molecular flexibility index (Phi) is 13.3. The predicted molar refractivity (Wildman–Crippen MR) is 178 cm³/mol. The Morgan fingerprint density at radius 2 is 1.90 bits per heavy atom. The summed E-state index contributed by atoms with van der Waals surface area (Å²) in [5, 5.41) is 23.1. The number of pyridine rings is 1. The van der Waals surface area contributed by atoms with Crippen molar-refractivity contribution in [2.24, 2.45) is 34.0 Å². The first kappa shape index (κ1) is 40.8. The average Bonchev–Trinajstić information content (AvgIpc) is 3.05. The van der Waals surface area contributed by atoms with Gasteiger partial charge in [-0.3, -0.25) is 29.1 Å². The molecule has 2 saturated carbocycles. The zero-order chi connectivity index (χ0) is 38.3. The molecule has 51 heavy (non-hydrogen) atoms. The lowest BCUT2D eigenvalue weighted by Crippen LogP contribution is -2.68. The molecule has 8 N–H and O–H groups in total. The Balaban J connectivity index is 1.84. The van der Waals surface area contributed by atoms with Crippen LogP contribution in [-0.4, -0.2) is 70.5 Å². The molecule has 0 radical (unpaired) electrons. The maximum atomic E-state index is 14.1. The smallest absolute Gasteiger partial charge is 0.394 e. The number of carbonyl (C=O) groups excluding carboxylic acids is 5. The lowest BCUT2D eigenvalue weighted by Gasteiger charge is -2.55. The summed E-state index contributed by atoms with van der Waals surface area (Å²) in [4.78, 5) is 87.8. The number of anilines is 1. The SMILES string of the molecule is COC(=O)/C=C/CC[C@H](NC(=O)/C(SN)=C(/N)C=O)C(=O)Nc1cccn(CC(=O)NC2(C(=O)O)C(C)CC3CC2CC(C)(C(F)(F)F)C3)c1=O. The monoisotopic (exact) mass is 742 g/mol. The van der Waals surface area contributed by atoms with Crippen LogP contribution in [0.15, 0.2) is 45.9 Å². The number of nitrogens with two attached hydrogens (primary N) is 2. The molecular formula is C32H41F3N6O9S. The van der Waals surface area contributed by atoms with Crippen LogP contribution in [0.5, 0.6) is 0 Å². The average molecular weight is 743 g/mol. The summed E-state index contributed by atoms with van der Waals surface area (Å²) in [5.41, 5.74) is -0.369. The minimum atomic E-state index is -4.58. The highest BCUT2D eigenvalue weighted by molar-refractivity contribution is 8.01. The van der Waals surface area contributed by atoms with Gasteiger partial charge in [0, 0.05) is 12.3 Å². The van der Waals surface area contributed by atoms with Crippen molar-refractivity contribution in [1.82, 2.24) is 15.2 Å². The number of amides is 3. The molecule has 2 fully saturated rings. The molecule has 2 aliphatic carbocycles. The van der Waals surface area contributed by atoms with Gasteiger partial charge in [0.25, 0.3) is 11.5 Å². The van der Waals surface area contributed by atoms with Crippen LogP contribution in [0.2, 0.25) is 0 Å². The Morgan fingerprint density at radius 3 is 2.49 bits per heavy atom. The molecule has 15 nitrogen and oxygen atoms in total. The van der Waals surface area contributed by atoms with Gasteiger partial charge in [0.2, 0.25) is 11.8 Å². The zero-order valence-electron chi connectivity index (χ0n) is 28.1. The van der Waals surface area contributed by atoms with Crippen LogP contribution in [0.25, 0.3) is 0 Å². The van der Waals surface area contributed by atoms with Crippen molar-refractivity contribution < 1.29 is 51.8 Å². The van der Waals surface area contributed by atoms with Crippen LogP contribution in [0.4, 0.5) is 18.9 Å². The number of aromatic nitrogens is 1. The first-order valence-corrected chi connectivity index (χ1v) is 16.7. The van der Waals surface area contributed by atoms with Gasteiger partial charge in [0.15, 0.2) is 6.29 Å². The minimum Gasteiger partial charge on any atom is -0.479 e. The van der Waals surface area contributed by atoms with Gasteiger partial charge >= 0.3 is 18.1 Å².